The number of amides is 9. The highest BCUT2D eigenvalue weighted by Crippen LogP contribution is 2.37. The molecule has 6 aliphatic rings. The Kier molecular flexibility index (Phi) is 36.5. The standard InChI is InChI=1S/C26H38N4O3.C25H36N4O3.C21H23N3O3.C12H21NO3.CH3I.2CH4/c1-17(2)13-14-20(31)29-26(15-9-10-16-26)24(33)28-22-23(32)30(6)19-12-8-7-11-18(19)21(27-22)25(3,4)5;1-16(2)12-13-19(30)29-25(14-8-9-15-25)23(32)28-21-22(31)26-18-11-7-6-10-17(18)20(27-21)24(3,4)5;1-21(2,3)17-15-11-7-8-12-16(15)22-19(25)18(23-17)24-20(26)27-13-14-9-5-4-6-10-14;1-9(2)5-6-10(14)13-12(11(15)16)7-3-4-8-12;1-2;;/h7-8,11-12,17,22H,9-10,13-16H2,1-6H3,(H,28,33)(H,29,31);6-7,10-11,16,21H,8-9,12-15H2,1-5H3,(H,26,31)(H,28,32)(H,29,30);4-12,18H,13H2,1-3H3,(H,22,25)(H,24,26);9H,3-8H2,1-2H3,(H,13,14)(H,15,16);1H3;2*1H4. The molecular formula is C87H129IN12O12. The van der Waals surface area contributed by atoms with Gasteiger partial charge in [0.2, 0.25) is 48.0 Å². The largest absolute Gasteiger partial charge is 0.480 e. The number of hydrogen-bond acceptors (Lipinski definition) is 14. The van der Waals surface area contributed by atoms with Crippen LogP contribution in [0.2, 0.25) is 0 Å². The van der Waals surface area contributed by atoms with Gasteiger partial charge in [-0.05, 0) is 104 Å². The van der Waals surface area contributed by atoms with Crippen LogP contribution in [0.4, 0.5) is 21.9 Å². The minimum absolute atomic E-state index is 0. The molecule has 3 unspecified atom stereocenters. The summed E-state index contributed by atoms with van der Waals surface area (Å²) in [6.45, 7) is 30.8. The van der Waals surface area contributed by atoms with Crippen molar-refractivity contribution >= 4 is 116 Å². The fraction of sp³-hybridized carbons (Fsp3) is 0.575. The highest BCUT2D eigenvalue weighted by Gasteiger charge is 2.47. The number of carbonyl (C=O) groups excluding carboxylic acids is 9. The lowest BCUT2D eigenvalue weighted by Crippen LogP contribution is -2.60. The molecule has 25 heteroatoms. The first-order valence-electron chi connectivity index (χ1n) is 38.8. The zero-order chi connectivity index (χ0) is 81.5. The number of ether oxygens (including phenoxy) is 1. The molecule has 0 radical (unpaired) electrons. The molecule has 112 heavy (non-hydrogen) atoms. The predicted molar refractivity (Wildman–Crippen MR) is 457 cm³/mol. The van der Waals surface area contributed by atoms with E-state index in [9.17, 15) is 53.1 Å². The Morgan fingerprint density at radius 1 is 0.482 bits per heavy atom. The zero-order valence-corrected chi connectivity index (χ0v) is 70.0. The topological polar surface area (TPSA) is 337 Å². The van der Waals surface area contributed by atoms with E-state index in [0.717, 1.165) is 103 Å². The van der Waals surface area contributed by atoms with Gasteiger partial charge in [0, 0.05) is 70.6 Å². The number of nitrogens with zero attached hydrogens (tertiary/aromatic N) is 4. The molecule has 4 aromatic carbocycles. The van der Waals surface area contributed by atoms with Gasteiger partial charge in [0.1, 0.15) is 23.2 Å². The lowest BCUT2D eigenvalue weighted by molar-refractivity contribution is -0.147. The number of carboxylic acids is 1. The summed E-state index contributed by atoms with van der Waals surface area (Å²) in [6.07, 6.45) is 8.29. The number of aliphatic imine (C=N–C) groups is 3. The molecule has 0 bridgehead atoms. The number of alkyl halides is 1. The number of benzene rings is 4. The van der Waals surface area contributed by atoms with E-state index < -0.39 is 53.1 Å². The number of carbonyl (C=O) groups is 10. The van der Waals surface area contributed by atoms with Crippen molar-refractivity contribution in [1.29, 1.82) is 0 Å². The van der Waals surface area contributed by atoms with Crippen molar-refractivity contribution in [3.63, 3.8) is 0 Å². The molecule has 3 fully saturated rings. The van der Waals surface area contributed by atoms with Gasteiger partial charge in [-0.25, -0.2) is 9.59 Å². The third-order valence-corrected chi connectivity index (χ3v) is 20.0. The number of para-hydroxylation sites is 3. The average Bonchev–Trinajstić information content (AvgIpc) is 1.62. The Hall–Kier alpha value is -8.88. The Labute approximate surface area is 679 Å². The van der Waals surface area contributed by atoms with E-state index in [1.54, 1.807) is 11.9 Å². The van der Waals surface area contributed by atoms with E-state index in [4.69, 9.17) is 14.7 Å². The van der Waals surface area contributed by atoms with E-state index in [2.05, 4.69) is 112 Å². The van der Waals surface area contributed by atoms with Crippen LogP contribution < -0.4 is 47.4 Å². The third-order valence-electron chi connectivity index (χ3n) is 20.0. The number of fused-ring (bicyclic) bond motifs is 3. The van der Waals surface area contributed by atoms with Crippen molar-refractivity contribution in [2.24, 2.45) is 49.0 Å². The number of benzodiazepines with no additional fused rings is 3. The van der Waals surface area contributed by atoms with Crippen molar-refractivity contribution in [3.8, 4) is 0 Å². The molecule has 3 aliphatic heterocycles. The van der Waals surface area contributed by atoms with Crippen molar-refractivity contribution in [1.82, 2.24) is 31.9 Å². The van der Waals surface area contributed by atoms with Crippen molar-refractivity contribution in [2.45, 2.75) is 276 Å². The summed E-state index contributed by atoms with van der Waals surface area (Å²) in [7, 11) is 1.71. The number of carboxylic acid groups (broad SMARTS) is 1. The molecule has 0 spiro atoms. The summed E-state index contributed by atoms with van der Waals surface area (Å²) in [5.74, 6) is -1.70. The first kappa shape index (κ1) is 95.5. The van der Waals surface area contributed by atoms with Gasteiger partial charge in [-0.1, -0.05) is 265 Å². The number of anilines is 3. The molecule has 616 valence electrons. The summed E-state index contributed by atoms with van der Waals surface area (Å²) in [5, 5.41) is 31.9. The maximum absolute atomic E-state index is 13.5. The molecular weight excluding hydrogens is 1530 g/mol. The first-order chi connectivity index (χ1) is 51.8. The Morgan fingerprint density at radius 2 is 0.804 bits per heavy atom. The number of likely N-dealkylation sites (N-methyl/N-ethyl adjacent to an activating group) is 1. The van der Waals surface area contributed by atoms with Gasteiger partial charge < -0.3 is 52.0 Å². The van der Waals surface area contributed by atoms with Crippen molar-refractivity contribution in [2.75, 3.05) is 27.5 Å². The maximum atomic E-state index is 13.5. The number of halogens is 1. The smallest absolute Gasteiger partial charge is 0.409 e. The van der Waals surface area contributed by atoms with Gasteiger partial charge in [0.15, 0.2) is 0 Å². The number of alkyl carbamates (subject to hydrolysis) is 1. The molecule has 0 aromatic heterocycles. The van der Waals surface area contributed by atoms with Crippen LogP contribution in [-0.2, 0) is 54.5 Å². The Balaban J connectivity index is 0.000000319. The van der Waals surface area contributed by atoms with Crippen LogP contribution in [0.5, 0.6) is 0 Å². The highest BCUT2D eigenvalue weighted by atomic mass is 127. The number of aliphatic carboxylic acids is 1. The van der Waals surface area contributed by atoms with Crippen LogP contribution >= 0.6 is 22.6 Å². The molecule has 10 rings (SSSR count). The normalized spacial score (nSPS) is 18.4. The minimum Gasteiger partial charge on any atom is -0.480 e. The number of rotatable bonds is 20. The van der Waals surface area contributed by atoms with Crippen LogP contribution in [-0.4, -0.2) is 129 Å². The number of nitrogens with one attached hydrogen (secondary N) is 8. The van der Waals surface area contributed by atoms with Crippen molar-refractivity contribution in [3.05, 3.63) is 125 Å². The minimum atomic E-state index is -1.06. The van der Waals surface area contributed by atoms with Crippen LogP contribution in [0.3, 0.4) is 0 Å². The van der Waals surface area contributed by atoms with E-state index in [0.29, 0.717) is 86.9 Å². The van der Waals surface area contributed by atoms with Gasteiger partial charge in [-0.3, -0.25) is 58.7 Å². The second kappa shape index (κ2) is 42.8. The Bertz CT molecular complexity index is 3960. The third kappa shape index (κ3) is 26.9. The maximum Gasteiger partial charge on any atom is 0.409 e. The summed E-state index contributed by atoms with van der Waals surface area (Å²) in [4.78, 5) is 144. The molecule has 9 amide bonds. The lowest BCUT2D eigenvalue weighted by Gasteiger charge is -2.31. The van der Waals surface area contributed by atoms with Gasteiger partial charge >= 0.3 is 12.1 Å². The van der Waals surface area contributed by atoms with Crippen LogP contribution in [0, 0.1) is 34.0 Å². The summed E-state index contributed by atoms with van der Waals surface area (Å²) >= 11 is 2.15. The second-order valence-corrected chi connectivity index (χ2v) is 33.6. The fourth-order valence-corrected chi connectivity index (χ4v) is 13.9. The van der Waals surface area contributed by atoms with Crippen molar-refractivity contribution < 1.29 is 57.8 Å². The number of hydrogen-bond donors (Lipinski definition) is 9. The van der Waals surface area contributed by atoms with Gasteiger partial charge in [-0.2, -0.15) is 0 Å². The van der Waals surface area contributed by atoms with E-state index in [1.807, 2.05) is 170 Å². The molecule has 3 saturated carbocycles. The zero-order valence-electron chi connectivity index (χ0n) is 67.8. The summed E-state index contributed by atoms with van der Waals surface area (Å²) in [5.41, 5.74) is 3.91. The fourth-order valence-electron chi connectivity index (χ4n) is 13.9. The van der Waals surface area contributed by atoms with Crippen LogP contribution in [0.25, 0.3) is 0 Å². The van der Waals surface area contributed by atoms with E-state index in [-0.39, 0.29) is 79.1 Å². The molecule has 3 heterocycles. The van der Waals surface area contributed by atoms with Gasteiger partial charge in [0.05, 0.1) is 22.8 Å². The molecule has 24 nitrogen and oxygen atoms in total. The molecule has 0 saturated heterocycles. The van der Waals surface area contributed by atoms with E-state index >= 15 is 0 Å². The van der Waals surface area contributed by atoms with Crippen LogP contribution in [0.1, 0.15) is 257 Å². The molecule has 9 N–H and O–H groups in total. The Morgan fingerprint density at radius 3 is 1.19 bits per heavy atom. The molecule has 4 aromatic rings. The van der Waals surface area contributed by atoms with Gasteiger partial charge in [-0.15, -0.1) is 0 Å². The summed E-state index contributed by atoms with van der Waals surface area (Å²) < 4.78 is 5.22. The lowest BCUT2D eigenvalue weighted by atomic mass is 9.85. The monoisotopic (exact) mass is 1660 g/mol. The first-order valence-corrected chi connectivity index (χ1v) is 41.0. The van der Waals surface area contributed by atoms with Crippen LogP contribution in [0.15, 0.2) is 118 Å². The van der Waals surface area contributed by atoms with E-state index in [1.165, 1.54) is 0 Å². The molecule has 3 aliphatic carbocycles. The highest BCUT2D eigenvalue weighted by molar-refractivity contribution is 14.1. The SMILES string of the molecule is C.C.CC(C)(C)C1=NC(NC(=O)OCc2ccccc2)C(=O)Nc2ccccc21.CC(C)CCC(=O)NC1(C(=O)NC2N=C(C(C)(C)C)c3ccccc3N(C)C2=O)CCCC1.CC(C)CCC(=O)NC1(C(=O)NC2N=C(C(C)(C)C)c3ccccc3NC2=O)CCCC1.CC(C)CCC(=O)NC1(C(=O)O)CCCC1.CI. The predicted octanol–water partition coefficient (Wildman–Crippen LogP) is 15.6. The average molecular weight is 1660 g/mol. The molecule has 3 atom stereocenters. The second-order valence-electron chi connectivity index (χ2n) is 33.6. The van der Waals surface area contributed by atoms with Gasteiger partial charge in [0.25, 0.3) is 17.7 Å². The quantitative estimate of drug-likeness (QED) is 0.0295. The summed E-state index contributed by atoms with van der Waals surface area (Å²) in [6, 6.07) is 32.0.